The van der Waals surface area contributed by atoms with E-state index >= 15 is 0 Å². The number of carbonyl (C=O) groups excluding carboxylic acids is 1. The van der Waals surface area contributed by atoms with Crippen LogP contribution in [-0.2, 0) is 10.0 Å². The van der Waals surface area contributed by atoms with Gasteiger partial charge in [-0.1, -0.05) is 56.3 Å². The largest absolute Gasteiger partial charge is 0.271 e. The molecule has 0 fully saturated rings. The molecule has 3 rings (SSSR count). The summed E-state index contributed by atoms with van der Waals surface area (Å²) in [5.41, 5.74) is 5.44. The van der Waals surface area contributed by atoms with Crippen LogP contribution in [0, 0.1) is 0 Å². The third kappa shape index (κ3) is 5.38. The van der Waals surface area contributed by atoms with Crippen LogP contribution in [0.4, 0.5) is 5.69 Å². The van der Waals surface area contributed by atoms with E-state index in [2.05, 4.69) is 24.4 Å². The summed E-state index contributed by atoms with van der Waals surface area (Å²) in [5, 5.41) is 4.00. The van der Waals surface area contributed by atoms with Crippen molar-refractivity contribution < 1.29 is 13.2 Å². The van der Waals surface area contributed by atoms with Gasteiger partial charge in [0.2, 0.25) is 0 Å². The van der Waals surface area contributed by atoms with Crippen molar-refractivity contribution in [2.75, 3.05) is 11.4 Å². The second kappa shape index (κ2) is 9.57. The Morgan fingerprint density at radius 1 is 0.935 bits per heavy atom. The van der Waals surface area contributed by atoms with Crippen molar-refractivity contribution >= 4 is 27.8 Å². The normalized spacial score (nSPS) is 11.6. The summed E-state index contributed by atoms with van der Waals surface area (Å²) in [7, 11) is -2.19. The van der Waals surface area contributed by atoms with Crippen molar-refractivity contribution in [3.05, 3.63) is 95.6 Å². The summed E-state index contributed by atoms with van der Waals surface area (Å²) in [6.45, 7) is 4.26. The second-order valence-corrected chi connectivity index (χ2v) is 9.32. The minimum absolute atomic E-state index is 0.204. The lowest BCUT2D eigenvalue weighted by Gasteiger charge is -2.19. The number of rotatable bonds is 7. The number of carbonyl (C=O) groups is 1. The number of hydrazone groups is 1. The maximum absolute atomic E-state index is 12.7. The topological polar surface area (TPSA) is 78.8 Å². The number of sulfonamides is 1. The predicted octanol–water partition coefficient (Wildman–Crippen LogP) is 4.40. The number of nitrogens with one attached hydrogen (secondary N) is 1. The first-order valence-corrected chi connectivity index (χ1v) is 11.3. The average molecular weight is 436 g/mol. The Hall–Kier alpha value is -3.45. The van der Waals surface area contributed by atoms with E-state index in [0.717, 1.165) is 5.56 Å². The van der Waals surface area contributed by atoms with Crippen molar-refractivity contribution in [2.45, 2.75) is 24.7 Å². The minimum Gasteiger partial charge on any atom is -0.269 e. The van der Waals surface area contributed by atoms with Gasteiger partial charge in [-0.05, 0) is 53.4 Å². The fourth-order valence-electron chi connectivity index (χ4n) is 2.91. The lowest BCUT2D eigenvalue weighted by Crippen LogP contribution is -2.26. The number of benzene rings is 3. The second-order valence-electron chi connectivity index (χ2n) is 7.35. The summed E-state index contributed by atoms with van der Waals surface area (Å²) >= 11 is 0. The zero-order chi connectivity index (χ0) is 22.4. The molecular formula is C24H25N3O3S. The van der Waals surface area contributed by atoms with Crippen LogP contribution >= 0.6 is 0 Å². The Balaban J connectivity index is 1.64. The van der Waals surface area contributed by atoms with Gasteiger partial charge in [0.25, 0.3) is 15.9 Å². The van der Waals surface area contributed by atoms with Gasteiger partial charge in [-0.2, -0.15) is 5.10 Å². The van der Waals surface area contributed by atoms with Gasteiger partial charge in [-0.25, -0.2) is 13.8 Å². The molecule has 0 radical (unpaired) electrons. The molecule has 31 heavy (non-hydrogen) atoms. The highest BCUT2D eigenvalue weighted by molar-refractivity contribution is 7.92. The molecule has 1 amide bonds. The van der Waals surface area contributed by atoms with Gasteiger partial charge >= 0.3 is 0 Å². The van der Waals surface area contributed by atoms with Crippen molar-refractivity contribution in [1.29, 1.82) is 0 Å². The predicted molar refractivity (Wildman–Crippen MR) is 124 cm³/mol. The van der Waals surface area contributed by atoms with E-state index in [-0.39, 0.29) is 10.8 Å². The molecule has 0 heterocycles. The SMILES string of the molecule is CC(C)c1ccc(/C=N\NC(=O)c2ccc(N(C)S(=O)(=O)c3ccccc3)cc2)cc1. The van der Waals surface area contributed by atoms with Gasteiger partial charge in [-0.3, -0.25) is 9.10 Å². The standard InChI is InChI=1S/C24H25N3O3S/c1-18(2)20-11-9-19(10-12-20)17-25-26-24(28)21-13-15-22(16-14-21)27(3)31(29,30)23-7-5-4-6-8-23/h4-18H,1-3H3,(H,26,28)/b25-17-. The van der Waals surface area contributed by atoms with Crippen LogP contribution in [0.5, 0.6) is 0 Å². The van der Waals surface area contributed by atoms with Crippen LogP contribution in [0.1, 0.15) is 41.3 Å². The molecule has 160 valence electrons. The van der Waals surface area contributed by atoms with Gasteiger partial charge in [0.15, 0.2) is 0 Å². The molecule has 0 aliphatic rings. The quantitative estimate of drug-likeness (QED) is 0.441. The molecule has 0 bridgehead atoms. The maximum Gasteiger partial charge on any atom is 0.271 e. The van der Waals surface area contributed by atoms with Crippen LogP contribution in [-0.4, -0.2) is 27.6 Å². The molecule has 6 nitrogen and oxygen atoms in total. The Bertz CT molecular complexity index is 1150. The molecule has 0 spiro atoms. The fraction of sp³-hybridized carbons (Fsp3) is 0.167. The van der Waals surface area contributed by atoms with E-state index in [4.69, 9.17) is 0 Å². The number of anilines is 1. The Labute approximate surface area is 183 Å². The van der Waals surface area contributed by atoms with Crippen molar-refractivity contribution in [3.8, 4) is 0 Å². The Morgan fingerprint density at radius 2 is 1.55 bits per heavy atom. The molecule has 0 aromatic heterocycles. The zero-order valence-corrected chi connectivity index (χ0v) is 18.5. The third-order valence-electron chi connectivity index (χ3n) is 4.88. The van der Waals surface area contributed by atoms with Crippen LogP contribution in [0.2, 0.25) is 0 Å². The van der Waals surface area contributed by atoms with Crippen LogP contribution in [0.3, 0.4) is 0 Å². The highest BCUT2D eigenvalue weighted by Crippen LogP contribution is 2.22. The fourth-order valence-corrected chi connectivity index (χ4v) is 4.13. The molecule has 3 aromatic rings. The molecule has 0 saturated carbocycles. The van der Waals surface area contributed by atoms with E-state index in [1.807, 2.05) is 24.3 Å². The lowest BCUT2D eigenvalue weighted by molar-refractivity contribution is 0.0955. The van der Waals surface area contributed by atoms with Crippen molar-refractivity contribution in [3.63, 3.8) is 0 Å². The molecular weight excluding hydrogens is 410 g/mol. The number of hydrogen-bond donors (Lipinski definition) is 1. The minimum atomic E-state index is -3.67. The van der Waals surface area contributed by atoms with E-state index in [1.165, 1.54) is 16.9 Å². The number of hydrogen-bond acceptors (Lipinski definition) is 4. The number of amides is 1. The van der Waals surface area contributed by atoms with Crippen LogP contribution in [0.25, 0.3) is 0 Å². The molecule has 0 aliphatic carbocycles. The Kier molecular flexibility index (Phi) is 6.87. The summed E-state index contributed by atoms with van der Waals surface area (Å²) < 4.78 is 26.6. The molecule has 3 aromatic carbocycles. The average Bonchev–Trinajstić information content (AvgIpc) is 2.79. The molecule has 7 heteroatoms. The molecule has 1 N–H and O–H groups in total. The van der Waals surface area contributed by atoms with Crippen molar-refractivity contribution in [2.24, 2.45) is 5.10 Å². The van der Waals surface area contributed by atoms with Gasteiger partial charge in [0.1, 0.15) is 0 Å². The first kappa shape index (κ1) is 22.2. The van der Waals surface area contributed by atoms with Crippen LogP contribution in [0.15, 0.2) is 88.9 Å². The van der Waals surface area contributed by atoms with Gasteiger partial charge in [0, 0.05) is 12.6 Å². The monoisotopic (exact) mass is 435 g/mol. The zero-order valence-electron chi connectivity index (χ0n) is 17.7. The highest BCUT2D eigenvalue weighted by Gasteiger charge is 2.21. The van der Waals surface area contributed by atoms with Crippen molar-refractivity contribution in [1.82, 2.24) is 5.43 Å². The number of nitrogens with zero attached hydrogens (tertiary/aromatic N) is 2. The molecule has 0 atom stereocenters. The van der Waals surface area contributed by atoms with E-state index in [0.29, 0.717) is 17.2 Å². The van der Waals surface area contributed by atoms with Gasteiger partial charge in [0.05, 0.1) is 16.8 Å². The summed E-state index contributed by atoms with van der Waals surface area (Å²) in [6.07, 6.45) is 1.58. The van der Waals surface area contributed by atoms with E-state index in [9.17, 15) is 13.2 Å². The maximum atomic E-state index is 12.7. The van der Waals surface area contributed by atoms with Gasteiger partial charge in [-0.15, -0.1) is 0 Å². The molecule has 0 saturated heterocycles. The van der Waals surface area contributed by atoms with E-state index in [1.54, 1.807) is 60.8 Å². The first-order chi connectivity index (χ1) is 14.8. The lowest BCUT2D eigenvalue weighted by atomic mass is 10.0. The third-order valence-corrected chi connectivity index (χ3v) is 6.68. The van der Waals surface area contributed by atoms with Gasteiger partial charge < -0.3 is 0 Å². The van der Waals surface area contributed by atoms with E-state index < -0.39 is 10.0 Å². The summed E-state index contributed by atoms with van der Waals surface area (Å²) in [5.74, 6) is 0.0746. The summed E-state index contributed by atoms with van der Waals surface area (Å²) in [6, 6.07) is 22.5. The summed E-state index contributed by atoms with van der Waals surface area (Å²) in [4.78, 5) is 12.5. The van der Waals surface area contributed by atoms with Crippen LogP contribution < -0.4 is 9.73 Å². The highest BCUT2D eigenvalue weighted by atomic mass is 32.2. The molecule has 0 aliphatic heterocycles. The Morgan fingerprint density at radius 3 is 2.13 bits per heavy atom. The smallest absolute Gasteiger partial charge is 0.269 e. The first-order valence-electron chi connectivity index (χ1n) is 9.86. The molecule has 0 unspecified atom stereocenters.